The highest BCUT2D eigenvalue weighted by Gasteiger charge is 2.21. The van der Waals surface area contributed by atoms with Gasteiger partial charge in [0.2, 0.25) is 5.91 Å². The van der Waals surface area contributed by atoms with Crippen LogP contribution in [0.5, 0.6) is 0 Å². The van der Waals surface area contributed by atoms with Crippen molar-refractivity contribution in [2.45, 2.75) is 20.0 Å². The Hall–Kier alpha value is -2.98. The number of amides is 1. The molecule has 1 fully saturated rings. The number of benzene rings is 1. The van der Waals surface area contributed by atoms with Gasteiger partial charge >= 0.3 is 0 Å². The van der Waals surface area contributed by atoms with E-state index in [1.807, 2.05) is 36.7 Å². The van der Waals surface area contributed by atoms with Crippen LogP contribution >= 0.6 is 0 Å². The Morgan fingerprint density at radius 2 is 1.88 bits per heavy atom. The summed E-state index contributed by atoms with van der Waals surface area (Å²) in [7, 11) is 3.59. The van der Waals surface area contributed by atoms with Gasteiger partial charge in [-0.2, -0.15) is 0 Å². The number of nitrogens with zero attached hydrogens (tertiary/aromatic N) is 6. The minimum Gasteiger partial charge on any atom is -0.383 e. The second-order valence-corrected chi connectivity index (χ2v) is 7.81. The first-order valence-corrected chi connectivity index (χ1v) is 11.0. The summed E-state index contributed by atoms with van der Waals surface area (Å²) in [4.78, 5) is 21.4. The van der Waals surface area contributed by atoms with Gasteiger partial charge in [-0.05, 0) is 12.5 Å². The van der Waals surface area contributed by atoms with E-state index in [0.29, 0.717) is 32.8 Å². The van der Waals surface area contributed by atoms with Crippen molar-refractivity contribution in [3.05, 3.63) is 47.5 Å². The SMILES string of the molecule is COCCNC(=O)CN1CCN(C(=NCc2ccccc2)NCc2nnc(C)n2C)CC1. The van der Waals surface area contributed by atoms with E-state index in [1.165, 1.54) is 0 Å². The van der Waals surface area contributed by atoms with Gasteiger partial charge in [-0.3, -0.25) is 9.69 Å². The minimum absolute atomic E-state index is 0.0317. The fraction of sp³-hybridized carbons (Fsp3) is 0.545. The molecule has 1 aliphatic rings. The van der Waals surface area contributed by atoms with E-state index in [1.54, 1.807) is 7.11 Å². The van der Waals surface area contributed by atoms with Gasteiger partial charge in [-0.25, -0.2) is 4.99 Å². The molecule has 3 rings (SSSR count). The summed E-state index contributed by atoms with van der Waals surface area (Å²) < 4.78 is 6.95. The zero-order valence-corrected chi connectivity index (χ0v) is 19.3. The molecule has 1 aliphatic heterocycles. The van der Waals surface area contributed by atoms with Gasteiger partial charge in [0.25, 0.3) is 0 Å². The van der Waals surface area contributed by atoms with Crippen molar-refractivity contribution in [3.63, 3.8) is 0 Å². The number of rotatable bonds is 9. The lowest BCUT2D eigenvalue weighted by Crippen LogP contribution is -2.54. The Morgan fingerprint density at radius 1 is 1.12 bits per heavy atom. The molecular weight excluding hydrogens is 408 g/mol. The van der Waals surface area contributed by atoms with Gasteiger partial charge in [0.15, 0.2) is 11.8 Å². The van der Waals surface area contributed by atoms with Crippen LogP contribution in [0.1, 0.15) is 17.2 Å². The molecule has 10 nitrogen and oxygen atoms in total. The molecule has 0 bridgehead atoms. The fourth-order valence-electron chi connectivity index (χ4n) is 3.45. The molecule has 2 N–H and O–H groups in total. The summed E-state index contributed by atoms with van der Waals surface area (Å²) in [5.74, 6) is 2.62. The molecule has 0 radical (unpaired) electrons. The zero-order chi connectivity index (χ0) is 22.8. The highest BCUT2D eigenvalue weighted by molar-refractivity contribution is 5.80. The number of hydrogen-bond acceptors (Lipinski definition) is 6. The van der Waals surface area contributed by atoms with Gasteiger partial charge in [0, 0.05) is 46.9 Å². The number of aromatic nitrogens is 3. The molecule has 174 valence electrons. The molecule has 10 heteroatoms. The Bertz CT molecular complexity index is 875. The lowest BCUT2D eigenvalue weighted by molar-refractivity contribution is -0.122. The Labute approximate surface area is 189 Å². The average Bonchev–Trinajstić information content (AvgIpc) is 3.13. The first-order valence-electron chi connectivity index (χ1n) is 11.0. The molecule has 0 saturated carbocycles. The molecule has 1 aromatic heterocycles. The third-order valence-corrected chi connectivity index (χ3v) is 5.51. The van der Waals surface area contributed by atoms with E-state index in [9.17, 15) is 4.79 Å². The van der Waals surface area contributed by atoms with Crippen molar-refractivity contribution < 1.29 is 9.53 Å². The zero-order valence-electron chi connectivity index (χ0n) is 19.3. The molecule has 0 spiro atoms. The number of carbonyl (C=O) groups is 1. The van der Waals surface area contributed by atoms with Crippen molar-refractivity contribution in [2.75, 3.05) is 53.0 Å². The Kier molecular flexibility index (Phi) is 9.00. The van der Waals surface area contributed by atoms with Crippen molar-refractivity contribution in [1.29, 1.82) is 0 Å². The summed E-state index contributed by atoms with van der Waals surface area (Å²) in [5, 5.41) is 14.7. The fourth-order valence-corrected chi connectivity index (χ4v) is 3.45. The van der Waals surface area contributed by atoms with E-state index in [2.05, 4.69) is 42.8 Å². The molecule has 32 heavy (non-hydrogen) atoms. The predicted octanol–water partition coefficient (Wildman–Crippen LogP) is 0.150. The van der Waals surface area contributed by atoms with Crippen LogP contribution in [0.25, 0.3) is 0 Å². The van der Waals surface area contributed by atoms with Crippen molar-refractivity contribution >= 4 is 11.9 Å². The number of guanidine groups is 1. The normalized spacial score (nSPS) is 15.1. The minimum atomic E-state index is 0.0317. The van der Waals surface area contributed by atoms with Crippen LogP contribution in [-0.2, 0) is 29.7 Å². The quantitative estimate of drug-likeness (QED) is 0.324. The van der Waals surface area contributed by atoms with E-state index in [-0.39, 0.29) is 5.91 Å². The Balaban J connectivity index is 1.58. The predicted molar refractivity (Wildman–Crippen MR) is 123 cm³/mol. The van der Waals surface area contributed by atoms with Crippen LogP contribution in [0.15, 0.2) is 35.3 Å². The van der Waals surface area contributed by atoms with Crippen molar-refractivity contribution in [1.82, 2.24) is 35.2 Å². The molecule has 0 atom stereocenters. The number of piperazine rings is 1. The van der Waals surface area contributed by atoms with E-state index >= 15 is 0 Å². The van der Waals surface area contributed by atoms with Crippen LogP contribution in [0.2, 0.25) is 0 Å². The number of aliphatic imine (C=N–C) groups is 1. The third kappa shape index (κ3) is 7.03. The topological polar surface area (TPSA) is 99.9 Å². The number of carbonyl (C=O) groups excluding carboxylic acids is 1. The molecule has 2 heterocycles. The highest BCUT2D eigenvalue weighted by atomic mass is 16.5. The van der Waals surface area contributed by atoms with Crippen LogP contribution in [0.4, 0.5) is 0 Å². The van der Waals surface area contributed by atoms with Gasteiger partial charge in [-0.1, -0.05) is 30.3 Å². The van der Waals surface area contributed by atoms with Gasteiger partial charge < -0.3 is 24.8 Å². The first kappa shape index (κ1) is 23.7. The highest BCUT2D eigenvalue weighted by Crippen LogP contribution is 2.06. The number of nitrogens with one attached hydrogen (secondary N) is 2. The maximum atomic E-state index is 12.1. The van der Waals surface area contributed by atoms with E-state index in [0.717, 1.165) is 49.4 Å². The standard InChI is InChI=1S/C22H34N8O2/c1-18-26-27-20(28(18)2)16-25-22(24-15-19-7-5-4-6-8-19)30-12-10-29(11-13-30)17-21(31)23-9-14-32-3/h4-8H,9-17H2,1-3H3,(H,23,31)(H,24,25). The maximum absolute atomic E-state index is 12.1. The van der Waals surface area contributed by atoms with E-state index < -0.39 is 0 Å². The molecule has 0 unspecified atom stereocenters. The second-order valence-electron chi connectivity index (χ2n) is 7.81. The first-order chi connectivity index (χ1) is 15.6. The Morgan fingerprint density at radius 3 is 2.53 bits per heavy atom. The number of hydrogen-bond donors (Lipinski definition) is 2. The van der Waals surface area contributed by atoms with Crippen LogP contribution in [-0.4, -0.2) is 89.4 Å². The molecular formula is C22H34N8O2. The summed E-state index contributed by atoms with van der Waals surface area (Å²) in [5.41, 5.74) is 1.16. The van der Waals surface area contributed by atoms with Crippen LogP contribution < -0.4 is 10.6 Å². The van der Waals surface area contributed by atoms with Crippen LogP contribution in [0.3, 0.4) is 0 Å². The lowest BCUT2D eigenvalue weighted by atomic mass is 10.2. The average molecular weight is 443 g/mol. The van der Waals surface area contributed by atoms with Crippen LogP contribution in [0, 0.1) is 6.92 Å². The maximum Gasteiger partial charge on any atom is 0.234 e. The molecule has 2 aromatic rings. The second kappa shape index (κ2) is 12.2. The monoisotopic (exact) mass is 442 g/mol. The molecule has 0 aliphatic carbocycles. The summed E-state index contributed by atoms with van der Waals surface area (Å²) in [6.45, 7) is 7.74. The van der Waals surface area contributed by atoms with Crippen molar-refractivity contribution in [2.24, 2.45) is 12.0 Å². The van der Waals surface area contributed by atoms with E-state index in [4.69, 9.17) is 9.73 Å². The number of methoxy groups -OCH3 is 1. The van der Waals surface area contributed by atoms with Gasteiger partial charge in [0.1, 0.15) is 5.82 Å². The van der Waals surface area contributed by atoms with Crippen molar-refractivity contribution in [3.8, 4) is 0 Å². The summed E-state index contributed by atoms with van der Waals surface area (Å²) in [6.07, 6.45) is 0. The molecule has 1 amide bonds. The summed E-state index contributed by atoms with van der Waals surface area (Å²) in [6, 6.07) is 10.2. The van der Waals surface area contributed by atoms with Gasteiger partial charge in [0.05, 0.1) is 26.2 Å². The third-order valence-electron chi connectivity index (χ3n) is 5.51. The lowest BCUT2D eigenvalue weighted by Gasteiger charge is -2.36. The summed E-state index contributed by atoms with van der Waals surface area (Å²) >= 11 is 0. The molecule has 1 aromatic carbocycles. The molecule has 1 saturated heterocycles. The largest absolute Gasteiger partial charge is 0.383 e. The number of aryl methyl sites for hydroxylation is 1. The number of ether oxygens (including phenoxy) is 1. The van der Waals surface area contributed by atoms with Gasteiger partial charge in [-0.15, -0.1) is 10.2 Å². The smallest absolute Gasteiger partial charge is 0.234 e.